The highest BCUT2D eigenvalue weighted by molar-refractivity contribution is 7.17. The summed E-state index contributed by atoms with van der Waals surface area (Å²) in [5.74, 6) is 1.03. The zero-order valence-electron chi connectivity index (χ0n) is 19.2. The van der Waals surface area contributed by atoms with Crippen LogP contribution in [0.2, 0.25) is 0 Å². The molecule has 2 heterocycles. The Morgan fingerprint density at radius 3 is 2.82 bits per heavy atom. The molecule has 1 fully saturated rings. The third kappa shape index (κ3) is 3.94. The third-order valence-corrected chi connectivity index (χ3v) is 8.87. The molecule has 0 radical (unpaired) electrons. The van der Waals surface area contributed by atoms with Crippen LogP contribution in [0.1, 0.15) is 71.0 Å². The fourth-order valence-corrected chi connectivity index (χ4v) is 6.52. The first-order chi connectivity index (χ1) is 15.7. The number of aryl methyl sites for hydroxylation is 1. The minimum absolute atomic E-state index is 0.0915. The van der Waals surface area contributed by atoms with Gasteiger partial charge < -0.3 is 9.73 Å². The molecule has 8 heteroatoms. The van der Waals surface area contributed by atoms with E-state index < -0.39 is 5.92 Å². The first-order valence-electron chi connectivity index (χ1n) is 11.6. The molecule has 2 aromatic rings. The lowest BCUT2D eigenvalue weighted by Crippen LogP contribution is -2.48. The van der Waals surface area contributed by atoms with Crippen molar-refractivity contribution in [1.82, 2.24) is 10.3 Å². The summed E-state index contributed by atoms with van der Waals surface area (Å²) >= 11 is 1.17. The number of carbonyl (C=O) groups is 3. The number of hydrogen-bond donors (Lipinski definition) is 2. The Kier molecular flexibility index (Phi) is 5.51. The van der Waals surface area contributed by atoms with E-state index >= 15 is 0 Å². The van der Waals surface area contributed by atoms with Crippen LogP contribution in [0, 0.1) is 30.1 Å². The molecule has 2 N–H and O–H groups in total. The van der Waals surface area contributed by atoms with Crippen LogP contribution in [0.4, 0.5) is 5.13 Å². The van der Waals surface area contributed by atoms with Gasteiger partial charge >= 0.3 is 0 Å². The van der Waals surface area contributed by atoms with E-state index in [1.54, 1.807) is 13.0 Å². The van der Waals surface area contributed by atoms with Crippen LogP contribution in [0.25, 0.3) is 0 Å². The molecule has 3 atom stereocenters. The van der Waals surface area contributed by atoms with E-state index in [1.807, 2.05) is 0 Å². The second kappa shape index (κ2) is 8.24. The number of nitrogens with one attached hydrogen (secondary N) is 2. The van der Waals surface area contributed by atoms with E-state index in [1.165, 1.54) is 29.6 Å². The van der Waals surface area contributed by atoms with Gasteiger partial charge in [0.1, 0.15) is 5.76 Å². The van der Waals surface area contributed by atoms with E-state index in [0.29, 0.717) is 51.3 Å². The maximum Gasteiger partial charge on any atom is 0.260 e. The van der Waals surface area contributed by atoms with E-state index in [4.69, 9.17) is 4.42 Å². The maximum atomic E-state index is 12.8. The first-order valence-corrected chi connectivity index (χ1v) is 12.4. The molecule has 174 valence electrons. The third-order valence-electron chi connectivity index (χ3n) is 7.81. The Hall–Kier alpha value is -2.74. The Balaban J connectivity index is 1.17. The summed E-state index contributed by atoms with van der Waals surface area (Å²) in [5, 5.41) is 6.15. The predicted octanol–water partition coefficient (Wildman–Crippen LogP) is 4.54. The molecule has 2 aromatic heterocycles. The fourth-order valence-electron chi connectivity index (χ4n) is 5.59. The van der Waals surface area contributed by atoms with Crippen molar-refractivity contribution in [3.05, 3.63) is 45.9 Å². The number of anilines is 1. The first kappa shape index (κ1) is 22.1. The number of hydrogen-bond acceptors (Lipinski definition) is 6. The number of carbonyl (C=O) groups excluding carboxylic acids is 3. The molecule has 0 saturated heterocycles. The molecule has 6 rings (SSSR count). The van der Waals surface area contributed by atoms with E-state index in [9.17, 15) is 14.4 Å². The Morgan fingerprint density at radius 1 is 1.30 bits per heavy atom. The molecule has 33 heavy (non-hydrogen) atoms. The van der Waals surface area contributed by atoms with Crippen LogP contribution in [-0.2, 0) is 11.2 Å². The van der Waals surface area contributed by atoms with Gasteiger partial charge in [0, 0.05) is 19.4 Å². The summed E-state index contributed by atoms with van der Waals surface area (Å²) in [6.07, 6.45) is 7.70. The molecule has 4 aliphatic carbocycles. The highest BCUT2D eigenvalue weighted by Gasteiger charge is 2.50. The van der Waals surface area contributed by atoms with Crippen LogP contribution in [0.15, 0.2) is 28.4 Å². The van der Waals surface area contributed by atoms with Crippen LogP contribution in [0.5, 0.6) is 0 Å². The molecule has 0 unspecified atom stereocenters. The topological polar surface area (TPSA) is 101 Å². The van der Waals surface area contributed by atoms with Crippen LogP contribution < -0.4 is 10.6 Å². The summed E-state index contributed by atoms with van der Waals surface area (Å²) in [5.41, 5.74) is 2.87. The van der Waals surface area contributed by atoms with Gasteiger partial charge in [0.15, 0.2) is 10.9 Å². The number of rotatable bonds is 6. The summed E-state index contributed by atoms with van der Waals surface area (Å²) in [6.45, 7) is 7.01. The van der Waals surface area contributed by atoms with Crippen molar-refractivity contribution in [3.63, 3.8) is 0 Å². The minimum atomic E-state index is -0.420. The lowest BCUT2D eigenvalue weighted by Gasteiger charge is -2.56. The lowest BCUT2D eigenvalue weighted by molar-refractivity contribution is -0.125. The van der Waals surface area contributed by atoms with Crippen molar-refractivity contribution < 1.29 is 18.8 Å². The van der Waals surface area contributed by atoms with Crippen LogP contribution in [-0.4, -0.2) is 29.1 Å². The molecule has 0 aromatic carbocycles. The van der Waals surface area contributed by atoms with Gasteiger partial charge in [0.2, 0.25) is 5.91 Å². The Bertz CT molecular complexity index is 1160. The number of Topliss-reactive ketones (excluding diaryl/α,β-unsaturated/α-hetero) is 1. The monoisotopic (exact) mass is 467 g/mol. The van der Waals surface area contributed by atoms with E-state index in [0.717, 1.165) is 18.8 Å². The number of ketones is 1. The van der Waals surface area contributed by atoms with Crippen LogP contribution >= 0.6 is 11.3 Å². The average molecular weight is 468 g/mol. The van der Waals surface area contributed by atoms with Crippen molar-refractivity contribution in [3.8, 4) is 0 Å². The van der Waals surface area contributed by atoms with Crippen molar-refractivity contribution in [2.45, 2.75) is 52.9 Å². The van der Waals surface area contributed by atoms with Gasteiger partial charge in [-0.15, -0.1) is 0 Å². The van der Waals surface area contributed by atoms with Gasteiger partial charge in [0.05, 0.1) is 28.3 Å². The number of nitrogens with zero attached hydrogens (tertiary/aromatic N) is 1. The lowest BCUT2D eigenvalue weighted by atomic mass is 9.48. The Labute approximate surface area is 197 Å². The van der Waals surface area contributed by atoms with Crippen molar-refractivity contribution >= 4 is 34.1 Å². The molecule has 4 aliphatic rings. The second-order valence-corrected chi connectivity index (χ2v) is 11.0. The summed E-state index contributed by atoms with van der Waals surface area (Å²) in [7, 11) is 0. The van der Waals surface area contributed by atoms with Gasteiger partial charge in [-0.25, -0.2) is 4.98 Å². The smallest absolute Gasteiger partial charge is 0.260 e. The predicted molar refractivity (Wildman–Crippen MR) is 125 cm³/mol. The highest BCUT2D eigenvalue weighted by atomic mass is 32.1. The SMILES string of the molecule is Cc1occc1C(=O)Nc1nc2c(s1)C(=O)C[C@@H](C(=O)NCCC1=CC[C@H]3C[C@@H]1C3(C)C)C2. The molecule has 2 bridgehead atoms. The highest BCUT2D eigenvalue weighted by Crippen LogP contribution is 2.59. The summed E-state index contributed by atoms with van der Waals surface area (Å²) in [6, 6.07) is 1.59. The minimum Gasteiger partial charge on any atom is -0.469 e. The van der Waals surface area contributed by atoms with E-state index in [2.05, 4.69) is 35.5 Å². The number of allylic oxidation sites excluding steroid dienone is 1. The standard InChI is InChI=1S/C25H29N3O4S/c1-13-17(7-9-32-13)23(31)28-24-27-19-10-15(11-20(29)21(19)33-24)22(30)26-8-6-14-4-5-16-12-18(14)25(16,2)3/h4,7,9,15-16,18H,5-6,8,10-12H2,1-3H3,(H,26,30)(H,27,28,31)/t15-,16-,18-/m0/s1. The number of fused-ring (bicyclic) bond motifs is 2. The molecular formula is C25H29N3O4S. The zero-order valence-corrected chi connectivity index (χ0v) is 20.0. The molecular weight excluding hydrogens is 438 g/mol. The molecule has 1 saturated carbocycles. The van der Waals surface area contributed by atoms with Gasteiger partial charge in [-0.05, 0) is 49.5 Å². The molecule has 7 nitrogen and oxygen atoms in total. The van der Waals surface area contributed by atoms with Crippen molar-refractivity contribution in [2.75, 3.05) is 11.9 Å². The normalized spacial score (nSPS) is 25.0. The quantitative estimate of drug-likeness (QED) is 0.608. The van der Waals surface area contributed by atoms with Gasteiger partial charge in [-0.1, -0.05) is 36.8 Å². The summed E-state index contributed by atoms with van der Waals surface area (Å²) in [4.78, 5) is 42.9. The number of amides is 2. The fraction of sp³-hybridized carbons (Fsp3) is 0.520. The Morgan fingerprint density at radius 2 is 2.12 bits per heavy atom. The van der Waals surface area contributed by atoms with Crippen molar-refractivity contribution in [1.29, 1.82) is 0 Å². The largest absolute Gasteiger partial charge is 0.469 e. The van der Waals surface area contributed by atoms with E-state index in [-0.39, 0.29) is 24.0 Å². The molecule has 0 aliphatic heterocycles. The number of aromatic nitrogens is 1. The second-order valence-electron chi connectivity index (χ2n) is 10.0. The summed E-state index contributed by atoms with van der Waals surface area (Å²) < 4.78 is 5.17. The molecule has 2 amide bonds. The maximum absolute atomic E-state index is 12.8. The van der Waals surface area contributed by atoms with Crippen molar-refractivity contribution in [2.24, 2.45) is 23.2 Å². The average Bonchev–Trinajstić information content (AvgIpc) is 3.39. The molecule has 0 spiro atoms. The van der Waals surface area contributed by atoms with Gasteiger partial charge in [-0.2, -0.15) is 0 Å². The van der Waals surface area contributed by atoms with Gasteiger partial charge in [0.25, 0.3) is 5.91 Å². The van der Waals surface area contributed by atoms with Crippen LogP contribution in [0.3, 0.4) is 0 Å². The number of thiazole rings is 1. The zero-order chi connectivity index (χ0) is 23.3. The number of furan rings is 1. The van der Waals surface area contributed by atoms with Gasteiger partial charge in [-0.3, -0.25) is 19.7 Å².